The van der Waals surface area contributed by atoms with E-state index in [1.54, 1.807) is 6.07 Å². The maximum atomic E-state index is 12.8. The Labute approximate surface area is 169 Å². The van der Waals surface area contributed by atoms with E-state index in [1.165, 1.54) is 12.0 Å². The van der Waals surface area contributed by atoms with Crippen LogP contribution in [-0.4, -0.2) is 46.3 Å². The van der Waals surface area contributed by atoms with E-state index in [1.807, 2.05) is 12.1 Å². The van der Waals surface area contributed by atoms with Crippen molar-refractivity contribution in [3.8, 4) is 5.75 Å². The highest BCUT2D eigenvalue weighted by atomic mass is 35.5. The predicted octanol–water partition coefficient (Wildman–Crippen LogP) is 4.76. The van der Waals surface area contributed by atoms with Crippen LogP contribution in [-0.2, 0) is 6.18 Å². The van der Waals surface area contributed by atoms with Gasteiger partial charge in [0.05, 0.1) is 12.8 Å². The maximum Gasteiger partial charge on any atom is 0.420 e. The van der Waals surface area contributed by atoms with Gasteiger partial charge in [-0.3, -0.25) is 0 Å². The van der Waals surface area contributed by atoms with Gasteiger partial charge in [0.25, 0.3) is 0 Å². The normalized spacial score (nSPS) is 15.3. The Hall–Kier alpha value is -2.75. The monoisotopic (exact) mass is 430 g/mol. The highest BCUT2D eigenvalue weighted by molar-refractivity contribution is 6.30. The summed E-state index contributed by atoms with van der Waals surface area (Å²) in [6.07, 6.45) is -3.55. The number of nitrogens with one attached hydrogen (secondary N) is 1. The van der Waals surface area contributed by atoms with E-state index in [2.05, 4.69) is 15.3 Å². The van der Waals surface area contributed by atoms with E-state index in [4.69, 9.17) is 21.4 Å². The summed E-state index contributed by atoms with van der Waals surface area (Å²) in [5.41, 5.74) is 0.346. The third kappa shape index (κ3) is 4.81. The molecule has 3 rings (SSSR count). The smallest absolute Gasteiger partial charge is 0.420 e. The van der Waals surface area contributed by atoms with Crippen LogP contribution in [0.15, 0.2) is 24.4 Å². The molecule has 1 aliphatic rings. The number of rotatable bonds is 4. The summed E-state index contributed by atoms with van der Waals surface area (Å²) < 4.78 is 43.7. The number of amides is 1. The lowest BCUT2D eigenvalue weighted by molar-refractivity contribution is -0.137. The van der Waals surface area contributed by atoms with Crippen molar-refractivity contribution in [2.24, 2.45) is 0 Å². The first-order valence-corrected chi connectivity index (χ1v) is 9.09. The minimum atomic E-state index is -4.63. The standard InChI is InChI=1S/C18H18ClF3N4O3/c1-29-14-8-11(10-4-6-26(7-5-10)17(27)28)2-3-13(14)24-16-23-9-12(15(19)25-16)18(20,21)22/h2-3,8-10H,4-7H2,1H3,(H,27,28)(H,23,24,25). The fraction of sp³-hybridized carbons (Fsp3) is 0.389. The van der Waals surface area contributed by atoms with Crippen molar-refractivity contribution >= 4 is 29.3 Å². The fourth-order valence-electron chi connectivity index (χ4n) is 3.20. The summed E-state index contributed by atoms with van der Waals surface area (Å²) >= 11 is 5.63. The molecule has 2 heterocycles. The van der Waals surface area contributed by atoms with Crippen LogP contribution in [0.2, 0.25) is 5.15 Å². The Morgan fingerprint density at radius 3 is 2.59 bits per heavy atom. The second-order valence-corrected chi connectivity index (χ2v) is 6.88. The van der Waals surface area contributed by atoms with Crippen molar-refractivity contribution in [1.82, 2.24) is 14.9 Å². The summed E-state index contributed by atoms with van der Waals surface area (Å²) in [6, 6.07) is 5.39. The average Bonchev–Trinajstić information content (AvgIpc) is 2.67. The van der Waals surface area contributed by atoms with E-state index in [0.717, 1.165) is 5.56 Å². The highest BCUT2D eigenvalue weighted by Gasteiger charge is 2.34. The molecule has 29 heavy (non-hydrogen) atoms. The van der Waals surface area contributed by atoms with Crippen LogP contribution in [0.1, 0.15) is 29.9 Å². The van der Waals surface area contributed by atoms with Gasteiger partial charge in [0.1, 0.15) is 16.5 Å². The SMILES string of the molecule is COc1cc(C2CCN(C(=O)O)CC2)ccc1Nc1ncc(C(F)(F)F)c(Cl)n1. The van der Waals surface area contributed by atoms with Crippen LogP contribution in [0.25, 0.3) is 0 Å². The number of ether oxygens (including phenoxy) is 1. The summed E-state index contributed by atoms with van der Waals surface area (Å²) in [4.78, 5) is 19.7. The van der Waals surface area contributed by atoms with Crippen molar-refractivity contribution in [3.63, 3.8) is 0 Å². The van der Waals surface area contributed by atoms with Crippen molar-refractivity contribution < 1.29 is 27.8 Å². The number of alkyl halides is 3. The van der Waals surface area contributed by atoms with Gasteiger partial charge in [-0.25, -0.2) is 14.8 Å². The maximum absolute atomic E-state index is 12.8. The molecule has 7 nitrogen and oxygen atoms in total. The third-order valence-corrected chi connectivity index (χ3v) is 5.04. The molecule has 11 heteroatoms. The quantitative estimate of drug-likeness (QED) is 0.680. The number of likely N-dealkylation sites (tertiary alicyclic amines) is 1. The summed E-state index contributed by atoms with van der Waals surface area (Å²) in [5.74, 6) is 0.553. The molecule has 0 radical (unpaired) electrons. The van der Waals surface area contributed by atoms with E-state index in [-0.39, 0.29) is 11.9 Å². The minimum absolute atomic E-state index is 0.0937. The largest absolute Gasteiger partial charge is 0.495 e. The molecule has 0 unspecified atom stereocenters. The zero-order chi connectivity index (χ0) is 21.2. The molecular weight excluding hydrogens is 413 g/mol. The topological polar surface area (TPSA) is 87.6 Å². The number of carboxylic acid groups (broad SMARTS) is 1. The Morgan fingerprint density at radius 1 is 1.34 bits per heavy atom. The van der Waals surface area contributed by atoms with Gasteiger partial charge >= 0.3 is 12.3 Å². The molecule has 1 aromatic carbocycles. The molecule has 0 saturated carbocycles. The van der Waals surface area contributed by atoms with Gasteiger partial charge in [0.2, 0.25) is 5.95 Å². The van der Waals surface area contributed by atoms with E-state index in [9.17, 15) is 18.0 Å². The number of halogens is 4. The minimum Gasteiger partial charge on any atom is -0.495 e. The molecule has 1 fully saturated rings. The van der Waals surface area contributed by atoms with E-state index in [0.29, 0.717) is 43.6 Å². The van der Waals surface area contributed by atoms with Gasteiger partial charge in [-0.15, -0.1) is 0 Å². The molecular formula is C18H18ClF3N4O3. The van der Waals surface area contributed by atoms with Crippen molar-refractivity contribution in [1.29, 1.82) is 0 Å². The van der Waals surface area contributed by atoms with Crippen molar-refractivity contribution in [2.45, 2.75) is 24.9 Å². The van der Waals surface area contributed by atoms with Crippen LogP contribution >= 0.6 is 11.6 Å². The number of piperidine rings is 1. The number of carbonyl (C=O) groups is 1. The van der Waals surface area contributed by atoms with Gasteiger partial charge < -0.3 is 20.1 Å². The molecule has 1 aliphatic heterocycles. The molecule has 0 atom stereocenters. The second-order valence-electron chi connectivity index (χ2n) is 6.52. The number of benzene rings is 1. The number of aromatic nitrogens is 2. The van der Waals surface area contributed by atoms with Gasteiger partial charge in [-0.05, 0) is 36.5 Å². The summed E-state index contributed by atoms with van der Waals surface area (Å²) in [6.45, 7) is 0.917. The Bertz CT molecular complexity index is 902. The molecule has 2 N–H and O–H groups in total. The first-order chi connectivity index (χ1) is 13.7. The van der Waals surface area contributed by atoms with Crippen LogP contribution in [0, 0.1) is 0 Å². The highest BCUT2D eigenvalue weighted by Crippen LogP contribution is 2.36. The zero-order valence-electron chi connectivity index (χ0n) is 15.3. The first-order valence-electron chi connectivity index (χ1n) is 8.71. The van der Waals surface area contributed by atoms with Crippen LogP contribution in [0.5, 0.6) is 5.75 Å². The summed E-state index contributed by atoms with van der Waals surface area (Å²) in [7, 11) is 1.47. The molecule has 1 amide bonds. The number of nitrogens with zero attached hydrogens (tertiary/aromatic N) is 3. The van der Waals surface area contributed by atoms with Gasteiger partial charge in [0.15, 0.2) is 0 Å². The van der Waals surface area contributed by atoms with Crippen LogP contribution in [0.4, 0.5) is 29.6 Å². The molecule has 156 valence electrons. The van der Waals surface area contributed by atoms with Crippen LogP contribution < -0.4 is 10.1 Å². The molecule has 0 bridgehead atoms. The van der Waals surface area contributed by atoms with Crippen molar-refractivity contribution in [3.05, 3.63) is 40.7 Å². The number of hydrogen-bond acceptors (Lipinski definition) is 5. The molecule has 1 saturated heterocycles. The van der Waals surface area contributed by atoms with Crippen LogP contribution in [0.3, 0.4) is 0 Å². The third-order valence-electron chi connectivity index (χ3n) is 4.76. The Balaban J connectivity index is 1.76. The first kappa shape index (κ1) is 21.0. The molecule has 1 aromatic heterocycles. The lowest BCUT2D eigenvalue weighted by Crippen LogP contribution is -2.36. The number of hydrogen-bond donors (Lipinski definition) is 2. The van der Waals surface area contributed by atoms with Gasteiger partial charge in [-0.1, -0.05) is 17.7 Å². The lowest BCUT2D eigenvalue weighted by Gasteiger charge is -2.30. The molecule has 0 spiro atoms. The predicted molar refractivity (Wildman–Crippen MR) is 99.9 cm³/mol. The van der Waals surface area contributed by atoms with E-state index >= 15 is 0 Å². The van der Waals surface area contributed by atoms with E-state index < -0.39 is 23.0 Å². The fourth-order valence-corrected chi connectivity index (χ4v) is 3.44. The molecule has 2 aromatic rings. The Morgan fingerprint density at radius 2 is 2.03 bits per heavy atom. The molecule has 0 aliphatic carbocycles. The zero-order valence-corrected chi connectivity index (χ0v) is 16.1. The summed E-state index contributed by atoms with van der Waals surface area (Å²) in [5, 5.41) is 11.2. The lowest BCUT2D eigenvalue weighted by atomic mass is 9.89. The number of methoxy groups -OCH3 is 1. The Kier molecular flexibility index (Phi) is 6.02. The van der Waals surface area contributed by atoms with Gasteiger partial charge in [-0.2, -0.15) is 13.2 Å². The number of anilines is 2. The second kappa shape index (κ2) is 8.32. The van der Waals surface area contributed by atoms with Gasteiger partial charge in [0, 0.05) is 19.3 Å². The average molecular weight is 431 g/mol. The van der Waals surface area contributed by atoms with Crippen molar-refractivity contribution in [2.75, 3.05) is 25.5 Å².